The van der Waals surface area contributed by atoms with E-state index in [4.69, 9.17) is 24.3 Å². The highest BCUT2D eigenvalue weighted by atomic mass is 16.5. The van der Waals surface area contributed by atoms with Gasteiger partial charge in [0, 0.05) is 44.1 Å². The van der Waals surface area contributed by atoms with Crippen LogP contribution in [0.4, 0.5) is 5.82 Å². The third-order valence-electron chi connectivity index (χ3n) is 8.35. The minimum absolute atomic E-state index is 0.277. The van der Waals surface area contributed by atoms with E-state index in [9.17, 15) is 9.90 Å². The first-order chi connectivity index (χ1) is 21.0. The third kappa shape index (κ3) is 6.30. The molecule has 0 amide bonds. The molecule has 0 saturated carbocycles. The number of hydrogen-bond acceptors (Lipinski definition) is 8. The standard InChI is InChI=1S/C33H42N6O5/c1-22-28(29(31(40)41)44-32(2,3)4)30-37-14-12-33(5,13-15-37)43-17-9-8-16-42-25-11-7-6-10-24(25)18-23-20-34-38(21-23)27-19-26(35-22)39(30)36-27/h6-7,10-11,19-21,29H,8-9,12-18H2,1-5H3,(H,40,41). The summed E-state index contributed by atoms with van der Waals surface area (Å²) in [6.07, 6.45) is 6.63. The van der Waals surface area contributed by atoms with E-state index in [0.717, 1.165) is 42.6 Å². The van der Waals surface area contributed by atoms with E-state index in [2.05, 4.69) is 23.0 Å². The Bertz CT molecular complexity index is 1650. The fraction of sp³-hybridized carbons (Fsp3) is 0.515. The normalized spacial score (nSPS) is 18.2. The maximum Gasteiger partial charge on any atom is 0.337 e. The molecule has 3 aliphatic rings. The topological polar surface area (TPSA) is 116 Å². The molecule has 0 radical (unpaired) electrons. The quantitative estimate of drug-likeness (QED) is 0.333. The number of aryl methyl sites for hydroxylation is 1. The van der Waals surface area contributed by atoms with Crippen LogP contribution in [0.3, 0.4) is 0 Å². The lowest BCUT2D eigenvalue weighted by Crippen LogP contribution is -2.46. The van der Waals surface area contributed by atoms with Gasteiger partial charge in [0.15, 0.2) is 17.6 Å². The highest BCUT2D eigenvalue weighted by molar-refractivity contribution is 5.78. The minimum Gasteiger partial charge on any atom is -0.493 e. The zero-order valence-electron chi connectivity index (χ0n) is 26.2. The molecule has 0 spiro atoms. The molecular weight excluding hydrogens is 560 g/mol. The number of ether oxygens (including phenoxy) is 3. The molecule has 1 fully saturated rings. The van der Waals surface area contributed by atoms with Crippen molar-refractivity contribution in [1.29, 1.82) is 0 Å². The molecular formula is C33H42N6O5. The molecule has 7 rings (SSSR count). The van der Waals surface area contributed by atoms with Crippen LogP contribution in [-0.4, -0.2) is 73.0 Å². The van der Waals surface area contributed by atoms with E-state index in [-0.39, 0.29) is 5.60 Å². The Balaban J connectivity index is 1.47. The second-order valence-electron chi connectivity index (χ2n) is 13.1. The van der Waals surface area contributed by atoms with Crippen molar-refractivity contribution in [2.45, 2.75) is 84.0 Å². The van der Waals surface area contributed by atoms with Gasteiger partial charge in [-0.2, -0.15) is 9.61 Å². The second-order valence-corrected chi connectivity index (χ2v) is 13.1. The van der Waals surface area contributed by atoms with Crippen LogP contribution in [0.25, 0.3) is 11.5 Å². The molecule has 1 unspecified atom stereocenters. The monoisotopic (exact) mass is 602 g/mol. The summed E-state index contributed by atoms with van der Waals surface area (Å²) in [5.41, 5.74) is 2.86. The van der Waals surface area contributed by atoms with Crippen molar-refractivity contribution >= 4 is 17.4 Å². The van der Waals surface area contributed by atoms with E-state index >= 15 is 0 Å². The lowest BCUT2D eigenvalue weighted by Gasteiger charge is -2.41. The number of hydrogen-bond donors (Lipinski definition) is 1. The van der Waals surface area contributed by atoms with Crippen LogP contribution in [0.5, 0.6) is 5.75 Å². The molecule has 44 heavy (non-hydrogen) atoms. The number of fused-ring (bicyclic) bond motifs is 7. The van der Waals surface area contributed by atoms with Crippen molar-refractivity contribution in [3.8, 4) is 11.6 Å². The number of carboxylic acid groups (broad SMARTS) is 1. The van der Waals surface area contributed by atoms with Gasteiger partial charge in [0.25, 0.3) is 0 Å². The van der Waals surface area contributed by atoms with Gasteiger partial charge < -0.3 is 24.2 Å². The average Bonchev–Trinajstić information content (AvgIpc) is 3.60. The summed E-state index contributed by atoms with van der Waals surface area (Å²) < 4.78 is 22.3. The first-order valence-corrected chi connectivity index (χ1v) is 15.4. The molecule has 3 aliphatic heterocycles. The molecule has 1 atom stereocenters. The summed E-state index contributed by atoms with van der Waals surface area (Å²) in [5.74, 6) is 1.09. The number of aliphatic carboxylic acids is 1. The van der Waals surface area contributed by atoms with E-state index in [0.29, 0.717) is 61.3 Å². The average molecular weight is 603 g/mol. The molecule has 1 saturated heterocycles. The van der Waals surface area contributed by atoms with Gasteiger partial charge in [0.1, 0.15) is 11.6 Å². The lowest BCUT2D eigenvalue weighted by atomic mass is 9.92. The van der Waals surface area contributed by atoms with Crippen LogP contribution in [0.15, 0.2) is 42.7 Å². The number of piperidine rings is 1. The van der Waals surface area contributed by atoms with Gasteiger partial charge >= 0.3 is 5.97 Å². The van der Waals surface area contributed by atoms with Crippen molar-refractivity contribution < 1.29 is 24.1 Å². The Morgan fingerprint density at radius 2 is 1.89 bits per heavy atom. The van der Waals surface area contributed by atoms with Crippen LogP contribution >= 0.6 is 0 Å². The fourth-order valence-electron chi connectivity index (χ4n) is 6.04. The zero-order valence-corrected chi connectivity index (χ0v) is 26.2. The third-order valence-corrected chi connectivity index (χ3v) is 8.35. The second kappa shape index (κ2) is 11.9. The van der Waals surface area contributed by atoms with Gasteiger partial charge in [-0.1, -0.05) is 18.2 Å². The number of anilines is 1. The van der Waals surface area contributed by atoms with Crippen LogP contribution < -0.4 is 9.64 Å². The predicted molar refractivity (Wildman–Crippen MR) is 166 cm³/mol. The Labute approximate surface area is 257 Å². The van der Waals surface area contributed by atoms with Crippen LogP contribution in [0, 0.1) is 6.92 Å². The SMILES string of the molecule is Cc1nc2cc3nn2c(c1C(OC(C)(C)C)C(=O)O)N1CCC(C)(CC1)OCCCCOc1ccccc1Cc1cnn-3c1. The zero-order chi connectivity index (χ0) is 31.1. The van der Waals surface area contributed by atoms with Crippen molar-refractivity contribution in [1.82, 2.24) is 24.4 Å². The highest BCUT2D eigenvalue weighted by Gasteiger charge is 2.38. The summed E-state index contributed by atoms with van der Waals surface area (Å²) in [7, 11) is 0. The first kappa shape index (κ1) is 30.1. The first-order valence-electron chi connectivity index (χ1n) is 15.4. The Kier molecular flexibility index (Phi) is 8.10. The van der Waals surface area contributed by atoms with Gasteiger partial charge in [-0.05, 0) is 77.5 Å². The van der Waals surface area contributed by atoms with Gasteiger partial charge in [0.05, 0.1) is 29.6 Å². The van der Waals surface area contributed by atoms with Crippen molar-refractivity contribution in [3.63, 3.8) is 0 Å². The van der Waals surface area contributed by atoms with Crippen LogP contribution in [0.1, 0.15) is 81.9 Å². The van der Waals surface area contributed by atoms with Gasteiger partial charge in [-0.15, -0.1) is 5.10 Å². The predicted octanol–water partition coefficient (Wildman–Crippen LogP) is 5.30. The smallest absolute Gasteiger partial charge is 0.337 e. The Morgan fingerprint density at radius 3 is 2.64 bits per heavy atom. The van der Waals surface area contributed by atoms with Gasteiger partial charge in [-0.25, -0.2) is 14.5 Å². The summed E-state index contributed by atoms with van der Waals surface area (Å²) in [6.45, 7) is 12.2. The van der Waals surface area contributed by atoms with Crippen LogP contribution in [0.2, 0.25) is 0 Å². The summed E-state index contributed by atoms with van der Waals surface area (Å²) in [4.78, 5) is 19.8. The molecule has 0 aliphatic carbocycles. The van der Waals surface area contributed by atoms with E-state index in [1.54, 1.807) is 9.20 Å². The Hall–Kier alpha value is -3.96. The fourth-order valence-corrected chi connectivity index (χ4v) is 6.04. The van der Waals surface area contributed by atoms with Crippen molar-refractivity contribution in [2.24, 2.45) is 0 Å². The summed E-state index contributed by atoms with van der Waals surface area (Å²) in [5, 5.41) is 20.0. The maximum absolute atomic E-state index is 12.7. The van der Waals surface area contributed by atoms with E-state index < -0.39 is 17.7 Å². The maximum atomic E-state index is 12.7. The molecule has 6 bridgehead atoms. The number of aromatic nitrogens is 5. The number of benzene rings is 1. The summed E-state index contributed by atoms with van der Waals surface area (Å²) in [6, 6.07) is 10.00. The molecule has 4 aromatic rings. The molecule has 6 heterocycles. The molecule has 11 heteroatoms. The number of carbonyl (C=O) groups is 1. The van der Waals surface area contributed by atoms with Gasteiger partial charge in [-0.3, -0.25) is 0 Å². The summed E-state index contributed by atoms with van der Waals surface area (Å²) >= 11 is 0. The Morgan fingerprint density at radius 1 is 1.14 bits per heavy atom. The number of para-hydroxylation sites is 1. The molecule has 234 valence electrons. The highest BCUT2D eigenvalue weighted by Crippen LogP contribution is 2.38. The number of nitrogens with zero attached hydrogens (tertiary/aromatic N) is 6. The molecule has 3 aromatic heterocycles. The van der Waals surface area contributed by atoms with Gasteiger partial charge in [0.2, 0.25) is 0 Å². The lowest BCUT2D eigenvalue weighted by molar-refractivity contribution is -0.160. The largest absolute Gasteiger partial charge is 0.493 e. The molecule has 11 nitrogen and oxygen atoms in total. The minimum atomic E-state index is -1.22. The molecule has 1 N–H and O–H groups in total. The van der Waals surface area contributed by atoms with E-state index in [1.807, 2.05) is 64.4 Å². The van der Waals surface area contributed by atoms with Crippen molar-refractivity contribution in [2.75, 3.05) is 31.2 Å². The van der Waals surface area contributed by atoms with E-state index in [1.165, 1.54) is 0 Å². The number of carboxylic acids is 1. The van der Waals surface area contributed by atoms with Crippen molar-refractivity contribution in [3.05, 3.63) is 65.1 Å². The number of rotatable bonds is 3. The molecule has 1 aromatic carbocycles. The van der Waals surface area contributed by atoms with Crippen LogP contribution in [-0.2, 0) is 20.7 Å².